The van der Waals surface area contributed by atoms with Gasteiger partial charge >= 0.3 is 17.9 Å². The largest absolute Gasteiger partial charge is 0.462 e. The number of unbranched alkanes of at least 4 members (excludes halogenated alkanes) is 25. The molecular weight excluding hydrogens is 937 g/mol. The molecule has 1 unspecified atom stereocenters. The molecule has 0 aliphatic rings. The Morgan fingerprint density at radius 1 is 0.276 bits per heavy atom. The molecule has 0 bridgehead atoms. The van der Waals surface area contributed by atoms with Crippen molar-refractivity contribution in [3.8, 4) is 0 Å². The number of allylic oxidation sites excluding steroid dienone is 20. The summed E-state index contributed by atoms with van der Waals surface area (Å²) in [4.78, 5) is 38.1. The maximum absolute atomic E-state index is 12.9. The van der Waals surface area contributed by atoms with Gasteiger partial charge in [-0.2, -0.15) is 0 Å². The second-order valence-electron chi connectivity index (χ2n) is 20.6. The molecule has 0 aromatic heterocycles. The van der Waals surface area contributed by atoms with Gasteiger partial charge in [0.1, 0.15) is 13.2 Å². The molecule has 0 radical (unpaired) electrons. The van der Waals surface area contributed by atoms with Crippen LogP contribution in [0.1, 0.15) is 284 Å². The third-order valence-electron chi connectivity index (χ3n) is 13.2. The van der Waals surface area contributed by atoms with Crippen molar-refractivity contribution < 1.29 is 28.6 Å². The summed E-state index contributed by atoms with van der Waals surface area (Å²) in [7, 11) is 0. The van der Waals surface area contributed by atoms with Crippen LogP contribution in [0, 0.1) is 0 Å². The van der Waals surface area contributed by atoms with Crippen LogP contribution in [0.3, 0.4) is 0 Å². The van der Waals surface area contributed by atoms with Crippen molar-refractivity contribution in [3.63, 3.8) is 0 Å². The predicted octanol–water partition coefficient (Wildman–Crippen LogP) is 21.6. The van der Waals surface area contributed by atoms with Crippen LogP contribution in [-0.4, -0.2) is 37.2 Å². The molecular formula is C70H116O6. The van der Waals surface area contributed by atoms with E-state index in [2.05, 4.69) is 142 Å². The third-order valence-corrected chi connectivity index (χ3v) is 13.2. The van der Waals surface area contributed by atoms with Crippen molar-refractivity contribution in [1.82, 2.24) is 0 Å². The SMILES string of the molecule is CC/C=C\C/C=C\C/C=C\C/C=C\C/C=C\C/C=C\CCCCCCCCCCCCCCC(=O)OCC(COC(=O)CCCCCCCCCC)OC(=O)CCCCCCCC/C=C\C/C=C\C/C=C\C/C=C\CC. The first-order chi connectivity index (χ1) is 37.5. The van der Waals surface area contributed by atoms with Crippen LogP contribution in [-0.2, 0) is 28.6 Å². The number of hydrogen-bond acceptors (Lipinski definition) is 6. The van der Waals surface area contributed by atoms with E-state index in [0.29, 0.717) is 19.3 Å². The maximum Gasteiger partial charge on any atom is 0.306 e. The molecule has 0 aliphatic carbocycles. The van der Waals surface area contributed by atoms with Gasteiger partial charge in [0.25, 0.3) is 0 Å². The summed E-state index contributed by atoms with van der Waals surface area (Å²) >= 11 is 0. The summed E-state index contributed by atoms with van der Waals surface area (Å²) in [6.07, 6.45) is 87.9. The standard InChI is InChI=1S/C70H116O6/c1-4-7-10-13-16-19-21-23-25-27-29-30-31-32-33-34-35-36-37-38-39-40-42-43-45-47-49-51-54-57-60-63-69(72)75-66-67(65-74-68(71)62-59-56-53-18-15-12-9-6-3)76-70(73)64-61-58-55-52-50-48-46-44-41-28-26-24-22-20-17-14-11-8-5-2/h7-8,10-11,16-17,19-20,23-26,29-30,32-33,35-36,41,44,67H,4-6,9,12-15,18,21-22,27-28,31,34,37-40,42-43,45-66H2,1-3H3/b10-7-,11-8-,19-16-,20-17-,25-23-,26-24-,30-29-,33-32-,36-35-,44-41-. The van der Waals surface area contributed by atoms with Crippen molar-refractivity contribution in [2.24, 2.45) is 0 Å². The van der Waals surface area contributed by atoms with E-state index in [1.54, 1.807) is 0 Å². The summed E-state index contributed by atoms with van der Waals surface area (Å²) in [5.74, 6) is -0.901. The van der Waals surface area contributed by atoms with Crippen molar-refractivity contribution in [3.05, 3.63) is 122 Å². The minimum absolute atomic E-state index is 0.0841. The van der Waals surface area contributed by atoms with Crippen molar-refractivity contribution in [2.45, 2.75) is 290 Å². The summed E-state index contributed by atoms with van der Waals surface area (Å²) < 4.78 is 16.8. The lowest BCUT2D eigenvalue weighted by atomic mass is 10.0. The molecule has 0 amide bonds. The quantitative estimate of drug-likeness (QED) is 0.0261. The molecule has 76 heavy (non-hydrogen) atoms. The number of carbonyl (C=O) groups excluding carboxylic acids is 3. The van der Waals surface area contributed by atoms with Crippen LogP contribution in [0.2, 0.25) is 0 Å². The van der Waals surface area contributed by atoms with Gasteiger partial charge in [-0.25, -0.2) is 0 Å². The average Bonchev–Trinajstić information content (AvgIpc) is 3.42. The summed E-state index contributed by atoms with van der Waals surface area (Å²) in [5, 5.41) is 0. The van der Waals surface area contributed by atoms with E-state index >= 15 is 0 Å². The maximum atomic E-state index is 12.9. The molecule has 6 nitrogen and oxygen atoms in total. The molecule has 0 rings (SSSR count). The second-order valence-corrected chi connectivity index (χ2v) is 20.6. The zero-order valence-electron chi connectivity index (χ0n) is 49.5. The zero-order valence-corrected chi connectivity index (χ0v) is 49.5. The summed E-state index contributed by atoms with van der Waals surface area (Å²) in [5.41, 5.74) is 0. The Kier molecular flexibility index (Phi) is 59.9. The first kappa shape index (κ1) is 71.8. The highest BCUT2D eigenvalue weighted by Crippen LogP contribution is 2.16. The monoisotopic (exact) mass is 1050 g/mol. The number of carbonyl (C=O) groups is 3. The van der Waals surface area contributed by atoms with Crippen molar-refractivity contribution in [1.29, 1.82) is 0 Å². The Hall–Kier alpha value is -4.19. The second kappa shape index (κ2) is 63.3. The fourth-order valence-corrected chi connectivity index (χ4v) is 8.56. The van der Waals surface area contributed by atoms with Gasteiger partial charge in [0.2, 0.25) is 0 Å². The minimum Gasteiger partial charge on any atom is -0.462 e. The van der Waals surface area contributed by atoms with E-state index in [-0.39, 0.29) is 31.1 Å². The van der Waals surface area contributed by atoms with Gasteiger partial charge < -0.3 is 14.2 Å². The topological polar surface area (TPSA) is 78.9 Å². The first-order valence-electron chi connectivity index (χ1n) is 31.5. The molecule has 432 valence electrons. The highest BCUT2D eigenvalue weighted by molar-refractivity contribution is 5.71. The Bertz CT molecular complexity index is 1590. The molecule has 0 aromatic carbocycles. The van der Waals surface area contributed by atoms with Crippen LogP contribution >= 0.6 is 0 Å². The van der Waals surface area contributed by atoms with Gasteiger partial charge in [-0.05, 0) is 109 Å². The highest BCUT2D eigenvalue weighted by Gasteiger charge is 2.19. The minimum atomic E-state index is -0.786. The fourth-order valence-electron chi connectivity index (χ4n) is 8.56. The Morgan fingerprint density at radius 3 is 0.803 bits per heavy atom. The highest BCUT2D eigenvalue weighted by atomic mass is 16.6. The summed E-state index contributed by atoms with van der Waals surface area (Å²) in [6, 6.07) is 0. The van der Waals surface area contributed by atoms with Gasteiger partial charge in [0.05, 0.1) is 0 Å². The molecule has 0 aromatic rings. The van der Waals surface area contributed by atoms with E-state index in [4.69, 9.17) is 14.2 Å². The zero-order chi connectivity index (χ0) is 55.0. The van der Waals surface area contributed by atoms with Gasteiger partial charge in [-0.3, -0.25) is 14.4 Å². The Labute approximate surface area is 469 Å². The van der Waals surface area contributed by atoms with Crippen molar-refractivity contribution >= 4 is 17.9 Å². The molecule has 0 spiro atoms. The van der Waals surface area contributed by atoms with Gasteiger partial charge in [0.15, 0.2) is 6.10 Å². The van der Waals surface area contributed by atoms with Gasteiger partial charge in [-0.15, -0.1) is 0 Å². The van der Waals surface area contributed by atoms with Crippen LogP contribution in [0.5, 0.6) is 0 Å². The molecule has 0 saturated carbocycles. The Balaban J connectivity index is 4.17. The number of esters is 3. The van der Waals surface area contributed by atoms with E-state index in [0.717, 1.165) is 135 Å². The lowest BCUT2D eigenvalue weighted by Gasteiger charge is -2.18. The summed E-state index contributed by atoms with van der Waals surface area (Å²) in [6.45, 7) is 6.38. The molecule has 0 N–H and O–H groups in total. The predicted molar refractivity (Wildman–Crippen MR) is 330 cm³/mol. The van der Waals surface area contributed by atoms with E-state index in [1.807, 2.05) is 0 Å². The molecule has 0 saturated heterocycles. The number of rotatable bonds is 56. The molecule has 0 heterocycles. The molecule has 0 aliphatic heterocycles. The molecule has 1 atom stereocenters. The van der Waals surface area contributed by atoms with E-state index < -0.39 is 6.10 Å². The van der Waals surface area contributed by atoms with Gasteiger partial charge in [-0.1, -0.05) is 277 Å². The average molecular weight is 1050 g/mol. The molecule has 0 fully saturated rings. The van der Waals surface area contributed by atoms with E-state index in [1.165, 1.54) is 109 Å². The first-order valence-corrected chi connectivity index (χ1v) is 31.5. The van der Waals surface area contributed by atoms with E-state index in [9.17, 15) is 14.4 Å². The third kappa shape index (κ3) is 60.7. The normalized spacial score (nSPS) is 12.9. The Morgan fingerprint density at radius 2 is 0.513 bits per heavy atom. The van der Waals surface area contributed by atoms with Crippen LogP contribution < -0.4 is 0 Å². The molecule has 6 heteroatoms. The fraction of sp³-hybridized carbons (Fsp3) is 0.671. The van der Waals surface area contributed by atoms with Crippen LogP contribution in [0.25, 0.3) is 0 Å². The van der Waals surface area contributed by atoms with Gasteiger partial charge in [0, 0.05) is 19.3 Å². The van der Waals surface area contributed by atoms with Crippen LogP contribution in [0.4, 0.5) is 0 Å². The number of hydrogen-bond donors (Lipinski definition) is 0. The lowest BCUT2D eigenvalue weighted by molar-refractivity contribution is -0.167. The smallest absolute Gasteiger partial charge is 0.306 e. The number of ether oxygens (including phenoxy) is 3. The van der Waals surface area contributed by atoms with Crippen molar-refractivity contribution in [2.75, 3.05) is 13.2 Å². The lowest BCUT2D eigenvalue weighted by Crippen LogP contribution is -2.30. The van der Waals surface area contributed by atoms with Crippen LogP contribution in [0.15, 0.2) is 122 Å².